The molecule has 0 bridgehead atoms. The average molecular weight is 393 g/mol. The number of hydrogen-bond acceptors (Lipinski definition) is 6. The number of carbonyl (C=O) groups excluding carboxylic acids is 2. The van der Waals surface area contributed by atoms with Gasteiger partial charge in [-0.1, -0.05) is 30.3 Å². The number of amides is 2. The number of nitrogens with zero attached hydrogens (tertiary/aromatic N) is 4. The molecule has 8 heteroatoms. The first kappa shape index (κ1) is 18.2. The highest BCUT2D eigenvalue weighted by molar-refractivity contribution is 7.13. The highest BCUT2D eigenvalue weighted by Gasteiger charge is 2.24. The van der Waals surface area contributed by atoms with Crippen molar-refractivity contribution in [1.82, 2.24) is 25.2 Å². The first-order valence-corrected chi connectivity index (χ1v) is 9.88. The second-order valence-electron chi connectivity index (χ2n) is 6.44. The molecule has 0 aliphatic carbocycles. The van der Waals surface area contributed by atoms with Crippen molar-refractivity contribution >= 4 is 23.2 Å². The van der Waals surface area contributed by atoms with E-state index < -0.39 is 0 Å². The van der Waals surface area contributed by atoms with Gasteiger partial charge in [0.25, 0.3) is 11.8 Å². The predicted octanol–water partition coefficient (Wildman–Crippen LogP) is 2.10. The van der Waals surface area contributed by atoms with Gasteiger partial charge >= 0.3 is 0 Å². The van der Waals surface area contributed by atoms with E-state index in [1.54, 1.807) is 17.2 Å². The third-order valence-corrected chi connectivity index (χ3v) is 5.74. The Bertz CT molecular complexity index is 949. The van der Waals surface area contributed by atoms with Gasteiger partial charge in [0.1, 0.15) is 12.0 Å². The van der Waals surface area contributed by atoms with E-state index in [4.69, 9.17) is 0 Å². The van der Waals surface area contributed by atoms with Crippen LogP contribution in [0.3, 0.4) is 0 Å². The van der Waals surface area contributed by atoms with E-state index in [2.05, 4.69) is 20.3 Å². The molecule has 3 heterocycles. The number of aromatic nitrogens is 3. The fraction of sp³-hybridized carbons (Fsp3) is 0.250. The van der Waals surface area contributed by atoms with Gasteiger partial charge in [-0.05, 0) is 11.6 Å². The maximum absolute atomic E-state index is 12.6. The number of carbonyl (C=O) groups is 2. The standard InChI is InChI=1S/C20H19N5O2S/c26-18(22-12-14-4-2-1-3-5-14)19-24-15-7-10-25(11-8-17(15)28-19)20(27)16-6-9-21-13-23-16/h1-6,9,13H,7-8,10-12H2,(H,22,26). The minimum absolute atomic E-state index is 0.0987. The Hall–Kier alpha value is -3.13. The minimum atomic E-state index is -0.157. The summed E-state index contributed by atoms with van der Waals surface area (Å²) in [5.41, 5.74) is 2.36. The van der Waals surface area contributed by atoms with Gasteiger partial charge in [-0.25, -0.2) is 15.0 Å². The Balaban J connectivity index is 1.38. The monoisotopic (exact) mass is 393 g/mol. The van der Waals surface area contributed by atoms with E-state index in [1.807, 2.05) is 30.3 Å². The Morgan fingerprint density at radius 3 is 2.71 bits per heavy atom. The lowest BCUT2D eigenvalue weighted by atomic mass is 10.2. The van der Waals surface area contributed by atoms with Crippen LogP contribution in [0.1, 0.15) is 36.4 Å². The van der Waals surface area contributed by atoms with Crippen molar-refractivity contribution in [1.29, 1.82) is 0 Å². The average Bonchev–Trinajstić information content (AvgIpc) is 3.06. The summed E-state index contributed by atoms with van der Waals surface area (Å²) in [6.07, 6.45) is 4.27. The fourth-order valence-electron chi connectivity index (χ4n) is 3.10. The van der Waals surface area contributed by atoms with Gasteiger partial charge in [-0.2, -0.15) is 0 Å². The van der Waals surface area contributed by atoms with Gasteiger partial charge in [-0.15, -0.1) is 11.3 Å². The van der Waals surface area contributed by atoms with Crippen molar-refractivity contribution in [2.45, 2.75) is 19.4 Å². The van der Waals surface area contributed by atoms with Crippen LogP contribution >= 0.6 is 11.3 Å². The van der Waals surface area contributed by atoms with E-state index in [1.165, 1.54) is 17.7 Å². The Kier molecular flexibility index (Phi) is 5.38. The molecule has 1 N–H and O–H groups in total. The molecule has 0 radical (unpaired) electrons. The normalized spacial score (nSPS) is 13.5. The van der Waals surface area contributed by atoms with Crippen LogP contribution in [0, 0.1) is 0 Å². The first-order valence-electron chi connectivity index (χ1n) is 9.06. The fourth-order valence-corrected chi connectivity index (χ4v) is 4.11. The SMILES string of the molecule is O=C(NCc1ccccc1)c1nc2c(s1)CCN(C(=O)c1ccncn1)CC2. The molecule has 7 nitrogen and oxygen atoms in total. The van der Waals surface area contributed by atoms with E-state index in [0.29, 0.717) is 43.2 Å². The van der Waals surface area contributed by atoms with Crippen molar-refractivity contribution in [2.75, 3.05) is 13.1 Å². The molecule has 2 amide bonds. The maximum Gasteiger partial charge on any atom is 0.280 e. The summed E-state index contributed by atoms with van der Waals surface area (Å²) in [7, 11) is 0. The summed E-state index contributed by atoms with van der Waals surface area (Å²) in [6, 6.07) is 11.4. The molecule has 0 saturated heterocycles. The van der Waals surface area contributed by atoms with E-state index >= 15 is 0 Å². The number of thiazole rings is 1. The van der Waals surface area contributed by atoms with Crippen LogP contribution in [0.25, 0.3) is 0 Å². The van der Waals surface area contributed by atoms with Crippen molar-refractivity contribution < 1.29 is 9.59 Å². The topological polar surface area (TPSA) is 88.1 Å². The highest BCUT2D eigenvalue weighted by Crippen LogP contribution is 2.23. The molecular weight excluding hydrogens is 374 g/mol. The summed E-state index contributed by atoms with van der Waals surface area (Å²) in [4.78, 5) is 40.3. The molecule has 142 valence electrons. The Labute approximate surface area is 166 Å². The van der Waals surface area contributed by atoms with Crippen molar-refractivity contribution in [3.8, 4) is 0 Å². The van der Waals surface area contributed by atoms with Gasteiger partial charge in [-0.3, -0.25) is 9.59 Å². The van der Waals surface area contributed by atoms with E-state index in [9.17, 15) is 9.59 Å². The molecule has 1 aromatic carbocycles. The van der Waals surface area contributed by atoms with Crippen LogP contribution in [0.15, 0.2) is 48.9 Å². The summed E-state index contributed by atoms with van der Waals surface area (Å²) in [5, 5.41) is 3.40. The van der Waals surface area contributed by atoms with Crippen molar-refractivity contribution in [2.24, 2.45) is 0 Å². The zero-order chi connectivity index (χ0) is 19.3. The van der Waals surface area contributed by atoms with E-state index in [-0.39, 0.29) is 11.8 Å². The van der Waals surface area contributed by atoms with Crippen molar-refractivity contribution in [3.05, 3.63) is 75.8 Å². The van der Waals surface area contributed by atoms with Crippen LogP contribution in [0.4, 0.5) is 0 Å². The molecule has 0 atom stereocenters. The van der Waals surface area contributed by atoms with Gasteiger partial charge in [0.2, 0.25) is 0 Å². The van der Waals surface area contributed by atoms with Crippen LogP contribution in [0.2, 0.25) is 0 Å². The number of fused-ring (bicyclic) bond motifs is 1. The summed E-state index contributed by atoms with van der Waals surface area (Å²) in [6.45, 7) is 1.62. The molecule has 0 unspecified atom stereocenters. The molecule has 4 rings (SSSR count). The molecule has 3 aromatic rings. The molecule has 1 aliphatic heterocycles. The smallest absolute Gasteiger partial charge is 0.280 e. The second-order valence-corrected chi connectivity index (χ2v) is 7.53. The Morgan fingerprint density at radius 1 is 1.11 bits per heavy atom. The predicted molar refractivity (Wildman–Crippen MR) is 105 cm³/mol. The molecule has 0 spiro atoms. The molecule has 1 aliphatic rings. The number of nitrogens with one attached hydrogen (secondary N) is 1. The quantitative estimate of drug-likeness (QED) is 0.733. The summed E-state index contributed by atoms with van der Waals surface area (Å²) in [5.74, 6) is -0.255. The molecule has 28 heavy (non-hydrogen) atoms. The first-order chi connectivity index (χ1) is 13.7. The largest absolute Gasteiger partial charge is 0.346 e. The molecule has 0 fully saturated rings. The number of hydrogen-bond donors (Lipinski definition) is 1. The Morgan fingerprint density at radius 2 is 1.93 bits per heavy atom. The zero-order valence-electron chi connectivity index (χ0n) is 15.2. The summed E-state index contributed by atoms with van der Waals surface area (Å²) >= 11 is 1.41. The minimum Gasteiger partial charge on any atom is -0.346 e. The zero-order valence-corrected chi connectivity index (χ0v) is 16.0. The van der Waals surface area contributed by atoms with Gasteiger partial charge in [0, 0.05) is 43.5 Å². The van der Waals surface area contributed by atoms with E-state index in [0.717, 1.165) is 16.1 Å². The summed E-state index contributed by atoms with van der Waals surface area (Å²) < 4.78 is 0. The third kappa shape index (κ3) is 4.07. The number of rotatable bonds is 4. The third-order valence-electron chi connectivity index (χ3n) is 4.58. The highest BCUT2D eigenvalue weighted by atomic mass is 32.1. The van der Waals surface area contributed by atoms with Crippen LogP contribution in [-0.4, -0.2) is 44.8 Å². The van der Waals surface area contributed by atoms with Crippen LogP contribution in [-0.2, 0) is 19.4 Å². The van der Waals surface area contributed by atoms with Crippen molar-refractivity contribution in [3.63, 3.8) is 0 Å². The maximum atomic E-state index is 12.6. The van der Waals surface area contributed by atoms with Gasteiger partial charge in [0.15, 0.2) is 5.01 Å². The number of benzene rings is 1. The second kappa shape index (κ2) is 8.26. The lowest BCUT2D eigenvalue weighted by Crippen LogP contribution is -2.34. The van der Waals surface area contributed by atoms with Gasteiger partial charge < -0.3 is 10.2 Å². The molecular formula is C20H19N5O2S. The van der Waals surface area contributed by atoms with Crippen LogP contribution < -0.4 is 5.32 Å². The van der Waals surface area contributed by atoms with Crippen LogP contribution in [0.5, 0.6) is 0 Å². The lowest BCUT2D eigenvalue weighted by Gasteiger charge is -2.19. The molecule has 0 saturated carbocycles. The molecule has 2 aromatic heterocycles. The lowest BCUT2D eigenvalue weighted by molar-refractivity contribution is 0.0756. The van der Waals surface area contributed by atoms with Gasteiger partial charge in [0.05, 0.1) is 5.69 Å².